The van der Waals surface area contributed by atoms with Crippen molar-refractivity contribution in [1.29, 1.82) is 0 Å². The Morgan fingerprint density at radius 2 is 1.63 bits per heavy atom. The van der Waals surface area contributed by atoms with E-state index in [1.165, 1.54) is 57.9 Å². The Morgan fingerprint density at radius 1 is 0.895 bits per heavy atom. The molecule has 1 N–H and O–H groups in total. The Hall–Kier alpha value is -0.820. The van der Waals surface area contributed by atoms with Gasteiger partial charge in [0.2, 0.25) is 0 Å². The van der Waals surface area contributed by atoms with Crippen LogP contribution in [0.2, 0.25) is 0 Å². The van der Waals surface area contributed by atoms with Gasteiger partial charge in [0, 0.05) is 6.04 Å². The molecule has 0 bridgehead atoms. The molecule has 1 heteroatoms. The fourth-order valence-corrected chi connectivity index (χ4v) is 3.63. The van der Waals surface area contributed by atoms with E-state index >= 15 is 0 Å². The second-order valence-corrected chi connectivity index (χ2v) is 6.50. The first-order valence-electron chi connectivity index (χ1n) is 8.20. The van der Waals surface area contributed by atoms with Crippen molar-refractivity contribution in [3.63, 3.8) is 0 Å². The molecule has 2 aliphatic carbocycles. The van der Waals surface area contributed by atoms with E-state index in [0.29, 0.717) is 0 Å². The molecule has 104 valence electrons. The third kappa shape index (κ3) is 3.60. The van der Waals surface area contributed by atoms with Crippen molar-refractivity contribution in [2.24, 2.45) is 5.92 Å². The van der Waals surface area contributed by atoms with E-state index in [-0.39, 0.29) is 0 Å². The quantitative estimate of drug-likeness (QED) is 0.819. The Balaban J connectivity index is 1.37. The zero-order valence-corrected chi connectivity index (χ0v) is 12.0. The Morgan fingerprint density at radius 3 is 2.26 bits per heavy atom. The second kappa shape index (κ2) is 6.56. The number of hydrogen-bond donors (Lipinski definition) is 1. The van der Waals surface area contributed by atoms with Gasteiger partial charge in [0.05, 0.1) is 0 Å². The van der Waals surface area contributed by atoms with Crippen molar-refractivity contribution in [3.05, 3.63) is 35.9 Å². The van der Waals surface area contributed by atoms with Crippen LogP contribution in [0.5, 0.6) is 0 Å². The van der Waals surface area contributed by atoms with Gasteiger partial charge in [-0.15, -0.1) is 0 Å². The third-order valence-electron chi connectivity index (χ3n) is 5.21. The molecular weight excluding hydrogens is 230 g/mol. The zero-order valence-electron chi connectivity index (χ0n) is 12.0. The first-order chi connectivity index (χ1) is 9.42. The highest BCUT2D eigenvalue weighted by molar-refractivity contribution is 5.20. The van der Waals surface area contributed by atoms with E-state index in [0.717, 1.165) is 17.9 Å². The molecule has 2 aliphatic rings. The maximum atomic E-state index is 3.79. The molecule has 0 radical (unpaired) electrons. The average molecular weight is 257 g/mol. The lowest BCUT2D eigenvalue weighted by Gasteiger charge is -2.31. The molecule has 2 fully saturated rings. The molecule has 1 aromatic carbocycles. The molecule has 0 amide bonds. The summed E-state index contributed by atoms with van der Waals surface area (Å²) in [5, 5.41) is 3.79. The lowest BCUT2D eigenvalue weighted by molar-refractivity contribution is 0.274. The Bertz CT molecular complexity index is 361. The van der Waals surface area contributed by atoms with Crippen LogP contribution in [0.1, 0.15) is 62.8 Å². The molecule has 3 rings (SSSR count). The number of nitrogens with one attached hydrogen (secondary N) is 1. The van der Waals surface area contributed by atoms with Crippen LogP contribution in [0.4, 0.5) is 0 Å². The molecule has 0 unspecified atom stereocenters. The van der Waals surface area contributed by atoms with E-state index in [4.69, 9.17) is 0 Å². The summed E-state index contributed by atoms with van der Waals surface area (Å²) >= 11 is 0. The SMILES string of the molecule is c1ccc(C2CCC(NCCC3CCC3)CC2)cc1. The van der Waals surface area contributed by atoms with Gasteiger partial charge in [0.25, 0.3) is 0 Å². The lowest BCUT2D eigenvalue weighted by Crippen LogP contribution is -2.34. The van der Waals surface area contributed by atoms with Crippen LogP contribution in [0.3, 0.4) is 0 Å². The van der Waals surface area contributed by atoms with Crippen LogP contribution in [0, 0.1) is 5.92 Å². The summed E-state index contributed by atoms with van der Waals surface area (Å²) in [4.78, 5) is 0. The number of hydrogen-bond acceptors (Lipinski definition) is 1. The van der Waals surface area contributed by atoms with Gasteiger partial charge in [-0.25, -0.2) is 0 Å². The molecule has 0 saturated heterocycles. The van der Waals surface area contributed by atoms with Crippen molar-refractivity contribution in [2.75, 3.05) is 6.54 Å². The summed E-state index contributed by atoms with van der Waals surface area (Å²) in [5.74, 6) is 1.86. The minimum atomic E-state index is 0.792. The van der Waals surface area contributed by atoms with Crippen LogP contribution in [0.25, 0.3) is 0 Å². The normalized spacial score (nSPS) is 28.0. The minimum absolute atomic E-state index is 0.792. The molecule has 0 aliphatic heterocycles. The van der Waals surface area contributed by atoms with Gasteiger partial charge in [0.1, 0.15) is 0 Å². The molecule has 19 heavy (non-hydrogen) atoms. The average Bonchev–Trinajstić information content (AvgIpc) is 2.43. The smallest absolute Gasteiger partial charge is 0.00674 e. The predicted octanol–water partition coefficient (Wildman–Crippen LogP) is 4.49. The van der Waals surface area contributed by atoms with E-state index in [1.54, 1.807) is 5.56 Å². The largest absolute Gasteiger partial charge is 0.314 e. The van der Waals surface area contributed by atoms with Gasteiger partial charge in [0.15, 0.2) is 0 Å². The molecule has 0 atom stereocenters. The van der Waals surface area contributed by atoms with Crippen LogP contribution in [-0.4, -0.2) is 12.6 Å². The van der Waals surface area contributed by atoms with Crippen molar-refractivity contribution in [3.8, 4) is 0 Å². The number of rotatable bonds is 5. The van der Waals surface area contributed by atoms with E-state index in [9.17, 15) is 0 Å². The Kier molecular flexibility index (Phi) is 4.55. The standard InChI is InChI=1S/C18H27N/c1-2-7-16(8-3-1)17-9-11-18(12-10-17)19-14-13-15-5-4-6-15/h1-3,7-8,15,17-19H,4-6,9-14H2. The fourth-order valence-electron chi connectivity index (χ4n) is 3.63. The summed E-state index contributed by atoms with van der Waals surface area (Å²) in [6.45, 7) is 1.26. The van der Waals surface area contributed by atoms with Crippen molar-refractivity contribution in [1.82, 2.24) is 5.32 Å². The van der Waals surface area contributed by atoms with Gasteiger partial charge in [-0.3, -0.25) is 0 Å². The van der Waals surface area contributed by atoms with Gasteiger partial charge >= 0.3 is 0 Å². The zero-order chi connectivity index (χ0) is 12.9. The van der Waals surface area contributed by atoms with Crippen molar-refractivity contribution < 1.29 is 0 Å². The van der Waals surface area contributed by atoms with Crippen molar-refractivity contribution >= 4 is 0 Å². The topological polar surface area (TPSA) is 12.0 Å². The highest BCUT2D eigenvalue weighted by Gasteiger charge is 2.22. The number of benzene rings is 1. The molecule has 0 aromatic heterocycles. The summed E-state index contributed by atoms with van der Waals surface area (Å²) in [6, 6.07) is 11.9. The summed E-state index contributed by atoms with van der Waals surface area (Å²) in [5.41, 5.74) is 1.55. The third-order valence-corrected chi connectivity index (χ3v) is 5.21. The molecule has 2 saturated carbocycles. The van der Waals surface area contributed by atoms with E-state index in [2.05, 4.69) is 35.6 Å². The molecule has 1 nitrogen and oxygen atoms in total. The summed E-state index contributed by atoms with van der Waals surface area (Å²) < 4.78 is 0. The highest BCUT2D eigenvalue weighted by Crippen LogP contribution is 2.33. The van der Waals surface area contributed by atoms with Crippen molar-refractivity contribution in [2.45, 2.75) is 63.3 Å². The highest BCUT2D eigenvalue weighted by atomic mass is 14.9. The van der Waals surface area contributed by atoms with Crippen LogP contribution in [-0.2, 0) is 0 Å². The summed E-state index contributed by atoms with van der Waals surface area (Å²) in [7, 11) is 0. The van der Waals surface area contributed by atoms with Gasteiger partial charge < -0.3 is 5.32 Å². The summed E-state index contributed by atoms with van der Waals surface area (Å²) in [6.07, 6.45) is 11.3. The maximum Gasteiger partial charge on any atom is 0.00674 e. The second-order valence-electron chi connectivity index (χ2n) is 6.50. The van der Waals surface area contributed by atoms with Gasteiger partial charge in [-0.05, 0) is 56.0 Å². The van der Waals surface area contributed by atoms with Crippen LogP contribution >= 0.6 is 0 Å². The molecular formula is C18H27N. The van der Waals surface area contributed by atoms with Crippen LogP contribution in [0.15, 0.2) is 30.3 Å². The van der Waals surface area contributed by atoms with E-state index < -0.39 is 0 Å². The van der Waals surface area contributed by atoms with Crippen LogP contribution < -0.4 is 5.32 Å². The lowest BCUT2D eigenvalue weighted by atomic mass is 9.81. The van der Waals surface area contributed by atoms with Gasteiger partial charge in [-0.1, -0.05) is 49.6 Å². The first kappa shape index (κ1) is 13.2. The Labute approximate surface area is 117 Å². The molecule has 0 spiro atoms. The predicted molar refractivity (Wildman–Crippen MR) is 81.4 cm³/mol. The molecule has 1 aromatic rings. The van der Waals surface area contributed by atoms with Gasteiger partial charge in [-0.2, -0.15) is 0 Å². The first-order valence-corrected chi connectivity index (χ1v) is 8.20. The fraction of sp³-hybridized carbons (Fsp3) is 0.667. The molecule has 0 heterocycles. The van der Waals surface area contributed by atoms with E-state index in [1.807, 2.05) is 0 Å². The minimum Gasteiger partial charge on any atom is -0.314 e. The monoisotopic (exact) mass is 257 g/mol. The maximum absolute atomic E-state index is 3.79.